The minimum Gasteiger partial charge on any atom is -0.457 e. The van der Waals surface area contributed by atoms with Crippen molar-refractivity contribution in [2.75, 3.05) is 0 Å². The molecule has 0 aliphatic heterocycles. The second-order valence-electron chi connectivity index (χ2n) is 4.38. The monoisotopic (exact) mass is 650 g/mol. The predicted molar refractivity (Wildman–Crippen MR) is 99.9 cm³/mol. The molecule has 0 radical (unpaired) electrons. The maximum absolute atomic E-state index is 10.1. The minimum atomic E-state index is -1.13. The maximum Gasteiger partial charge on any atom is 0 e. The molecule has 11 nitrogen and oxygen atoms in total. The fraction of sp³-hybridized carbons (Fsp3) is 0.200. The van der Waals surface area contributed by atoms with Crippen molar-refractivity contribution in [2.24, 2.45) is 0 Å². The third-order valence-electron chi connectivity index (χ3n) is 1.82. The molecule has 33 heavy (non-hydrogen) atoms. The van der Waals surface area contributed by atoms with Crippen molar-refractivity contribution in [2.45, 2.75) is 27.7 Å². The number of ketones is 2. The van der Waals surface area contributed by atoms with Gasteiger partial charge in [-0.05, 0) is 31.6 Å². The molecule has 0 amide bonds. The molecule has 0 heterocycles. The first-order chi connectivity index (χ1) is 13.6. The van der Waals surface area contributed by atoms with Crippen molar-refractivity contribution < 1.29 is 112 Å². The van der Waals surface area contributed by atoms with Gasteiger partial charge in [0.15, 0.2) is 11.6 Å². The molecule has 0 aromatic heterocycles. The topological polar surface area (TPSA) is 245 Å². The van der Waals surface area contributed by atoms with Gasteiger partial charge in [0.2, 0.25) is 0 Å². The number of carbonyl (C=O) groups excluding carboxylic acids is 3. The molecule has 1 aromatic carbocycles. The summed E-state index contributed by atoms with van der Waals surface area (Å²) in [6.07, 6.45) is 2.11. The summed E-state index contributed by atoms with van der Waals surface area (Å²) in [6.45, 7) is 18.9. The molecule has 0 saturated carbocycles. The average Bonchev–Trinajstić information content (AvgIpc) is 2.66. The zero-order valence-electron chi connectivity index (χ0n) is 18.1. The van der Waals surface area contributed by atoms with Crippen LogP contribution in [0.2, 0.25) is 0 Å². The molecular formula is C20H24CrGdO11-2. The second kappa shape index (κ2) is 47.8. The summed E-state index contributed by atoms with van der Waals surface area (Å²) in [4.78, 5) is 30.0. The minimum absolute atomic E-state index is 0. The van der Waals surface area contributed by atoms with E-state index in [1.165, 1.54) is 39.8 Å². The van der Waals surface area contributed by atoms with E-state index >= 15 is 0 Å². The molecule has 0 aliphatic carbocycles. The Kier molecular flexibility index (Phi) is 83.5. The summed E-state index contributed by atoms with van der Waals surface area (Å²) in [5.41, 5.74) is 0.220. The Bertz CT molecular complexity index is 659. The summed E-state index contributed by atoms with van der Waals surface area (Å²) in [5, 5.41) is 30.0. The first-order valence-corrected chi connectivity index (χ1v) is 7.15. The zero-order valence-corrected chi connectivity index (χ0v) is 21.6. The number of hydrogen-bond acceptors (Lipinski definition) is 6. The van der Waals surface area contributed by atoms with Crippen molar-refractivity contribution >= 4 is 17.5 Å². The van der Waals surface area contributed by atoms with Crippen LogP contribution in [0.25, 0.3) is 0 Å². The molecule has 0 atom stereocenters. The van der Waals surface area contributed by atoms with E-state index in [1.807, 2.05) is 0 Å². The SMILES string of the molecule is CC(=O)/C=C(/C)[O-].CC(=O)/C=C(/C)[O-].O.O=C([O-])c1ccccc1.[C-]#[O+].[C-]#[O+].[C-]#[O+].[Cr].[Gd].[OH3+]. The van der Waals surface area contributed by atoms with Crippen molar-refractivity contribution in [1.29, 1.82) is 0 Å². The van der Waals surface area contributed by atoms with Gasteiger partial charge in [0, 0.05) is 57.3 Å². The standard InChI is InChI=1S/C7H6O2.2C5H8O2.3CO.Cr.Gd.2H2O/c8-7(9)6-4-2-1-3-5-6;2*1-4(6)3-5(2)7;3*1-2;;;;/h1-5H,(H,8,9);2*3,6H,1-2H3;;;;;;2*1H2/p-2/b;2*4-3-;;;;;;;. The number of benzene rings is 1. The Morgan fingerprint density at radius 2 is 0.970 bits per heavy atom. The van der Waals surface area contributed by atoms with Crippen LogP contribution in [-0.2, 0) is 46.4 Å². The van der Waals surface area contributed by atoms with Gasteiger partial charge in [0.25, 0.3) is 0 Å². The van der Waals surface area contributed by atoms with Gasteiger partial charge in [-0.25, -0.2) is 0 Å². The molecular weight excluding hydrogens is 625 g/mol. The Balaban J connectivity index is -0.0000000320. The molecule has 0 bridgehead atoms. The van der Waals surface area contributed by atoms with E-state index in [1.54, 1.807) is 18.2 Å². The van der Waals surface area contributed by atoms with E-state index in [0.29, 0.717) is 0 Å². The number of carboxylic acids is 1. The van der Waals surface area contributed by atoms with E-state index in [9.17, 15) is 29.7 Å². The van der Waals surface area contributed by atoms with Gasteiger partial charge in [0.1, 0.15) is 0 Å². The first-order valence-electron chi connectivity index (χ1n) is 7.15. The van der Waals surface area contributed by atoms with E-state index < -0.39 is 5.97 Å². The van der Waals surface area contributed by atoms with Crippen LogP contribution in [0.4, 0.5) is 0 Å². The van der Waals surface area contributed by atoms with Crippen LogP contribution in [0.3, 0.4) is 0 Å². The molecule has 0 spiro atoms. The fourth-order valence-electron chi connectivity index (χ4n) is 1.15. The summed E-state index contributed by atoms with van der Waals surface area (Å²) in [7, 11) is 0. The number of allylic oxidation sites excluding steroid dienone is 4. The van der Waals surface area contributed by atoms with Crippen molar-refractivity contribution in [3.05, 3.63) is 79.5 Å². The Hall–Kier alpha value is -1.89. The van der Waals surface area contributed by atoms with Gasteiger partial charge in [-0.3, -0.25) is 9.59 Å². The Morgan fingerprint density at radius 3 is 1.06 bits per heavy atom. The second-order valence-corrected chi connectivity index (χ2v) is 4.38. The van der Waals surface area contributed by atoms with Gasteiger partial charge in [0.05, 0.1) is 5.97 Å². The number of rotatable bonds is 3. The summed E-state index contributed by atoms with van der Waals surface area (Å²) in [6, 6.07) is 8.06. The van der Waals surface area contributed by atoms with Gasteiger partial charge >= 0.3 is 33.9 Å². The van der Waals surface area contributed by atoms with Gasteiger partial charge in [-0.2, -0.15) is 0 Å². The molecule has 1 rings (SSSR count). The van der Waals surface area contributed by atoms with E-state index in [0.717, 1.165) is 12.2 Å². The predicted octanol–water partition coefficient (Wildman–Crippen LogP) is -2.13. The largest absolute Gasteiger partial charge is 0.457 e. The van der Waals surface area contributed by atoms with E-state index in [2.05, 4.69) is 20.0 Å². The van der Waals surface area contributed by atoms with Crippen molar-refractivity contribution in [3.63, 3.8) is 0 Å². The number of aromatic carboxylic acids is 1. The summed E-state index contributed by atoms with van der Waals surface area (Å²) in [5.74, 6) is -1.88. The summed E-state index contributed by atoms with van der Waals surface area (Å²) < 4.78 is 22.5. The molecule has 5 N–H and O–H groups in total. The first kappa shape index (κ1) is 57.7. The number of carbonyl (C=O) groups is 3. The molecule has 0 fully saturated rings. The van der Waals surface area contributed by atoms with Crippen molar-refractivity contribution in [1.82, 2.24) is 0 Å². The molecule has 13 heteroatoms. The van der Waals surface area contributed by atoms with Crippen LogP contribution in [0.5, 0.6) is 0 Å². The Labute approximate surface area is 235 Å². The van der Waals surface area contributed by atoms with Crippen LogP contribution in [0, 0.1) is 59.9 Å². The number of carboxylic acid groups (broad SMARTS) is 1. The molecule has 186 valence electrons. The van der Waals surface area contributed by atoms with Crippen LogP contribution in [0.1, 0.15) is 38.1 Å². The third kappa shape index (κ3) is 72.5. The smallest absolute Gasteiger partial charge is 0 e. The summed E-state index contributed by atoms with van der Waals surface area (Å²) >= 11 is 0. The van der Waals surface area contributed by atoms with Gasteiger partial charge in [-0.1, -0.05) is 44.2 Å². The average molecular weight is 650 g/mol. The quantitative estimate of drug-likeness (QED) is 0.153. The fourth-order valence-corrected chi connectivity index (χ4v) is 1.15. The third-order valence-corrected chi connectivity index (χ3v) is 1.82. The zero-order chi connectivity index (χ0) is 24.4. The molecule has 0 aliphatic rings. The molecule has 0 unspecified atom stereocenters. The molecule has 1 aromatic rings. The van der Waals surface area contributed by atoms with Gasteiger partial charge in [-0.15, -0.1) is 11.5 Å². The van der Waals surface area contributed by atoms with Crippen LogP contribution < -0.4 is 15.3 Å². The maximum atomic E-state index is 10.1. The van der Waals surface area contributed by atoms with E-state index in [-0.39, 0.29) is 96.9 Å². The van der Waals surface area contributed by atoms with E-state index in [4.69, 9.17) is 14.0 Å². The Morgan fingerprint density at radius 1 is 0.727 bits per heavy atom. The van der Waals surface area contributed by atoms with Gasteiger partial charge < -0.3 is 31.1 Å². The van der Waals surface area contributed by atoms with Crippen LogP contribution in [-0.4, -0.2) is 23.0 Å². The van der Waals surface area contributed by atoms with Crippen LogP contribution in [0.15, 0.2) is 54.0 Å². The normalized spacial score (nSPS) is 7.45. The van der Waals surface area contributed by atoms with Crippen LogP contribution >= 0.6 is 0 Å². The van der Waals surface area contributed by atoms with Crippen molar-refractivity contribution in [3.8, 4) is 0 Å². The molecule has 0 saturated heterocycles. The number of hydrogen-bond donors (Lipinski definition) is 0.